The van der Waals surface area contributed by atoms with E-state index < -0.39 is 0 Å². The zero-order chi connectivity index (χ0) is 13.1. The first kappa shape index (κ1) is 16.8. The Morgan fingerprint density at radius 3 is 2.59 bits per heavy atom. The van der Waals surface area contributed by atoms with E-state index in [9.17, 15) is 4.79 Å². The van der Waals surface area contributed by atoms with Gasteiger partial charge >= 0.3 is 5.97 Å². The first-order chi connectivity index (χ1) is 8.15. The van der Waals surface area contributed by atoms with E-state index >= 15 is 0 Å². The summed E-state index contributed by atoms with van der Waals surface area (Å²) in [7, 11) is 0. The van der Waals surface area contributed by atoms with Gasteiger partial charge in [0.05, 0.1) is 6.61 Å². The van der Waals surface area contributed by atoms with Crippen molar-refractivity contribution in [3.05, 3.63) is 0 Å². The van der Waals surface area contributed by atoms with Gasteiger partial charge in [-0.1, -0.05) is 27.2 Å². The number of carbonyl (C=O) groups is 1. The van der Waals surface area contributed by atoms with E-state index in [4.69, 9.17) is 4.74 Å². The normalized spacial score (nSPS) is 14.4. The van der Waals surface area contributed by atoms with Crippen LogP contribution in [0.1, 0.15) is 40.5 Å². The van der Waals surface area contributed by atoms with Gasteiger partial charge in [0, 0.05) is 0 Å². The number of nitrogens with one attached hydrogen (secondary N) is 1. The second-order valence-corrected chi connectivity index (χ2v) is 5.39. The third-order valence-electron chi connectivity index (χ3n) is 2.67. The van der Waals surface area contributed by atoms with Gasteiger partial charge in [-0.15, -0.1) is 0 Å². The van der Waals surface area contributed by atoms with Crippen LogP contribution >= 0.6 is 11.8 Å². The third-order valence-corrected chi connectivity index (χ3v) is 4.00. The van der Waals surface area contributed by atoms with Gasteiger partial charge in [0.1, 0.15) is 6.04 Å². The molecule has 0 aliphatic rings. The van der Waals surface area contributed by atoms with E-state index in [1.165, 1.54) is 12.2 Å². The van der Waals surface area contributed by atoms with Crippen LogP contribution in [0.2, 0.25) is 0 Å². The quantitative estimate of drug-likeness (QED) is 0.485. The van der Waals surface area contributed by atoms with Crippen LogP contribution in [0.15, 0.2) is 0 Å². The molecule has 0 aromatic carbocycles. The molecule has 0 bridgehead atoms. The molecule has 2 atom stereocenters. The minimum atomic E-state index is -0.135. The van der Waals surface area contributed by atoms with Crippen molar-refractivity contribution in [1.82, 2.24) is 5.32 Å². The van der Waals surface area contributed by atoms with E-state index in [1.54, 1.807) is 0 Å². The smallest absolute Gasteiger partial charge is 0.323 e. The predicted molar refractivity (Wildman–Crippen MR) is 75.5 cm³/mol. The van der Waals surface area contributed by atoms with Crippen LogP contribution in [-0.2, 0) is 9.53 Å². The Morgan fingerprint density at radius 1 is 1.35 bits per heavy atom. The Hall–Kier alpha value is -0.220. The number of rotatable bonds is 10. The molecule has 0 aliphatic heterocycles. The fourth-order valence-electron chi connectivity index (χ4n) is 1.40. The maximum Gasteiger partial charge on any atom is 0.323 e. The molecular formula is C13H27NO2S. The maximum atomic E-state index is 11.6. The summed E-state index contributed by atoms with van der Waals surface area (Å²) in [5, 5.41) is 3.18. The lowest BCUT2D eigenvalue weighted by Crippen LogP contribution is -2.38. The molecule has 0 aromatic heterocycles. The summed E-state index contributed by atoms with van der Waals surface area (Å²) in [6.07, 6.45) is 2.08. The van der Waals surface area contributed by atoms with Crippen molar-refractivity contribution in [2.45, 2.75) is 46.6 Å². The highest BCUT2D eigenvalue weighted by Gasteiger charge is 2.17. The second-order valence-electron chi connectivity index (χ2n) is 4.24. The maximum absolute atomic E-state index is 11.6. The van der Waals surface area contributed by atoms with Crippen LogP contribution in [0.3, 0.4) is 0 Å². The average molecular weight is 261 g/mol. The largest absolute Gasteiger partial charge is 0.465 e. The lowest BCUT2D eigenvalue weighted by Gasteiger charge is -2.16. The van der Waals surface area contributed by atoms with Gasteiger partial charge < -0.3 is 10.1 Å². The highest BCUT2D eigenvalue weighted by Crippen LogP contribution is 2.13. The zero-order valence-electron chi connectivity index (χ0n) is 11.6. The van der Waals surface area contributed by atoms with Crippen LogP contribution in [0.4, 0.5) is 0 Å². The zero-order valence-corrected chi connectivity index (χ0v) is 12.4. The van der Waals surface area contributed by atoms with Crippen molar-refractivity contribution in [3.8, 4) is 0 Å². The fraction of sp³-hybridized carbons (Fsp3) is 0.923. The van der Waals surface area contributed by atoms with E-state index in [0.29, 0.717) is 6.61 Å². The first-order valence-electron chi connectivity index (χ1n) is 6.63. The predicted octanol–water partition coefficient (Wildman–Crippen LogP) is 2.70. The van der Waals surface area contributed by atoms with Gasteiger partial charge in [-0.25, -0.2) is 0 Å². The van der Waals surface area contributed by atoms with E-state index in [-0.39, 0.29) is 12.0 Å². The van der Waals surface area contributed by atoms with Gasteiger partial charge in [-0.3, -0.25) is 4.79 Å². The molecular weight excluding hydrogens is 234 g/mol. The number of hydrogen-bond acceptors (Lipinski definition) is 4. The third kappa shape index (κ3) is 8.50. The van der Waals surface area contributed by atoms with Crippen molar-refractivity contribution >= 4 is 17.7 Å². The van der Waals surface area contributed by atoms with Gasteiger partial charge in [0.25, 0.3) is 0 Å². The monoisotopic (exact) mass is 261 g/mol. The molecule has 0 fully saturated rings. The number of thioether (sulfide) groups is 1. The summed E-state index contributed by atoms with van der Waals surface area (Å²) < 4.78 is 5.05. The van der Waals surface area contributed by atoms with Crippen LogP contribution in [0, 0.1) is 5.92 Å². The number of ether oxygens (including phenoxy) is 1. The molecule has 0 radical (unpaired) electrons. The van der Waals surface area contributed by atoms with E-state index in [1.807, 2.05) is 25.6 Å². The molecule has 1 N–H and O–H groups in total. The van der Waals surface area contributed by atoms with Crippen LogP contribution in [0.5, 0.6) is 0 Å². The fourth-order valence-corrected chi connectivity index (χ4v) is 2.60. The van der Waals surface area contributed by atoms with E-state index in [2.05, 4.69) is 19.2 Å². The lowest BCUT2D eigenvalue weighted by atomic mass is 10.2. The number of esters is 1. The summed E-state index contributed by atoms with van der Waals surface area (Å²) in [6.45, 7) is 9.60. The van der Waals surface area contributed by atoms with Crippen LogP contribution in [-0.4, -0.2) is 36.7 Å². The van der Waals surface area contributed by atoms with Gasteiger partial charge in [-0.05, 0) is 37.3 Å². The highest BCUT2D eigenvalue weighted by molar-refractivity contribution is 7.99. The summed E-state index contributed by atoms with van der Waals surface area (Å²) in [4.78, 5) is 11.6. The summed E-state index contributed by atoms with van der Waals surface area (Å²) in [5.41, 5.74) is 0. The van der Waals surface area contributed by atoms with Crippen LogP contribution < -0.4 is 5.32 Å². The Bertz CT molecular complexity index is 200. The molecule has 102 valence electrons. The van der Waals surface area contributed by atoms with Crippen molar-refractivity contribution in [2.24, 2.45) is 5.92 Å². The lowest BCUT2D eigenvalue weighted by molar-refractivity contribution is -0.145. The first-order valence-corrected chi connectivity index (χ1v) is 7.78. The molecule has 2 unspecified atom stereocenters. The summed E-state index contributed by atoms with van der Waals surface area (Å²) in [5.74, 6) is 2.84. The van der Waals surface area contributed by atoms with Gasteiger partial charge in [0.15, 0.2) is 0 Å². The van der Waals surface area contributed by atoms with Crippen molar-refractivity contribution in [2.75, 3.05) is 24.7 Å². The number of likely N-dealkylation sites (N-methyl/N-ethyl adjacent to an activating group) is 1. The number of carbonyl (C=O) groups excluding carboxylic acids is 1. The average Bonchev–Trinajstić information content (AvgIpc) is 2.32. The van der Waals surface area contributed by atoms with Crippen molar-refractivity contribution in [3.63, 3.8) is 0 Å². The molecule has 0 saturated heterocycles. The minimum absolute atomic E-state index is 0.113. The highest BCUT2D eigenvalue weighted by atomic mass is 32.2. The summed E-state index contributed by atoms with van der Waals surface area (Å²) >= 11 is 1.93. The van der Waals surface area contributed by atoms with Gasteiger partial charge in [-0.2, -0.15) is 11.8 Å². The molecule has 3 nitrogen and oxygen atoms in total. The van der Waals surface area contributed by atoms with Crippen LogP contribution in [0.25, 0.3) is 0 Å². The standard InChI is InChI=1S/C13H27NO2S/c1-5-11(4)10-17-9-8-12(14-6-2)13(15)16-7-3/h11-12,14H,5-10H2,1-4H3. The summed E-state index contributed by atoms with van der Waals surface area (Å²) in [6, 6.07) is -0.135. The topological polar surface area (TPSA) is 38.3 Å². The van der Waals surface area contributed by atoms with Crippen molar-refractivity contribution in [1.29, 1.82) is 0 Å². The SMILES string of the molecule is CCNC(CCSCC(C)CC)C(=O)OCC. The van der Waals surface area contributed by atoms with E-state index in [0.717, 1.165) is 24.6 Å². The molecule has 17 heavy (non-hydrogen) atoms. The van der Waals surface area contributed by atoms with Gasteiger partial charge in [0.2, 0.25) is 0 Å². The molecule has 0 saturated carbocycles. The number of hydrogen-bond donors (Lipinski definition) is 1. The molecule has 0 aromatic rings. The minimum Gasteiger partial charge on any atom is -0.465 e. The Balaban J connectivity index is 3.80. The molecule has 0 amide bonds. The second kappa shape index (κ2) is 10.9. The molecule has 0 spiro atoms. The molecule has 0 aliphatic carbocycles. The molecule has 4 heteroatoms. The molecule has 0 heterocycles. The molecule has 0 rings (SSSR count). The Kier molecular flexibility index (Phi) is 10.8. The Morgan fingerprint density at radius 2 is 2.06 bits per heavy atom. The Labute approximate surface area is 110 Å². The van der Waals surface area contributed by atoms with Crippen molar-refractivity contribution < 1.29 is 9.53 Å².